The Kier molecular flexibility index (Phi) is 4.51. The van der Waals surface area contributed by atoms with Gasteiger partial charge in [0, 0.05) is 0 Å². The van der Waals surface area contributed by atoms with Crippen molar-refractivity contribution in [3.05, 3.63) is 83.6 Å². The first-order chi connectivity index (χ1) is 15.5. The Morgan fingerprint density at radius 2 is 2.00 bits per heavy atom. The molecule has 2 aromatic heterocycles. The number of anilines is 1. The van der Waals surface area contributed by atoms with Gasteiger partial charge in [0.15, 0.2) is 0 Å². The van der Waals surface area contributed by atoms with Crippen LogP contribution >= 0.6 is 0 Å². The van der Waals surface area contributed by atoms with Gasteiger partial charge in [-0.2, -0.15) is 0 Å². The van der Waals surface area contributed by atoms with Crippen LogP contribution in [-0.4, -0.2) is 33.9 Å². The Bertz CT molecular complexity index is 1390. The number of amides is 1. The number of hydrogen-bond donors (Lipinski definition) is 2. The summed E-state index contributed by atoms with van der Waals surface area (Å²) in [4.78, 5) is 34.5. The van der Waals surface area contributed by atoms with Crippen LogP contribution in [0.15, 0.2) is 70.9 Å². The Balaban J connectivity index is 1.73. The number of imidazole rings is 1. The molecule has 1 atom stereocenters. The number of benzene rings is 2. The molecule has 4 aromatic rings. The number of hydrogen-bond acceptors (Lipinski definition) is 6. The lowest BCUT2D eigenvalue weighted by Gasteiger charge is -2.20. The third-order valence-electron chi connectivity index (χ3n) is 5.28. The lowest BCUT2D eigenvalue weighted by Crippen LogP contribution is -2.30. The van der Waals surface area contributed by atoms with Gasteiger partial charge in [-0.25, -0.2) is 9.37 Å². The highest BCUT2D eigenvalue weighted by Crippen LogP contribution is 2.42. The Morgan fingerprint density at radius 3 is 2.75 bits per heavy atom. The maximum Gasteiger partial charge on any atom is 0.302 e. The molecule has 0 saturated carbocycles. The van der Waals surface area contributed by atoms with Crippen molar-refractivity contribution in [1.82, 2.24) is 9.97 Å². The molecule has 1 fully saturated rings. The van der Waals surface area contributed by atoms with Crippen LogP contribution in [0.25, 0.3) is 16.8 Å². The molecule has 160 valence electrons. The van der Waals surface area contributed by atoms with Crippen molar-refractivity contribution in [2.24, 2.45) is 0 Å². The Morgan fingerprint density at radius 1 is 1.19 bits per heavy atom. The average molecular weight is 433 g/mol. The summed E-state index contributed by atoms with van der Waals surface area (Å²) < 4.78 is 24.4. The number of Topliss-reactive ketones (excluding diaryl/α,β-unsaturated/α-hetero) is 1. The van der Waals surface area contributed by atoms with Gasteiger partial charge < -0.3 is 19.2 Å². The number of ether oxygens (including phenoxy) is 1. The van der Waals surface area contributed by atoms with Crippen LogP contribution in [0.4, 0.5) is 10.3 Å². The largest absolute Gasteiger partial charge is 0.507 e. The quantitative estimate of drug-likeness (QED) is 0.287. The molecular formula is C23H16FN3O5. The number of fused-ring (bicyclic) bond motifs is 1. The van der Waals surface area contributed by atoms with E-state index in [9.17, 15) is 19.1 Å². The number of methoxy groups -OCH3 is 1. The number of H-pyrrole nitrogens is 1. The van der Waals surface area contributed by atoms with Crippen molar-refractivity contribution < 1.29 is 28.2 Å². The van der Waals surface area contributed by atoms with Crippen LogP contribution in [0.5, 0.6) is 5.75 Å². The van der Waals surface area contributed by atoms with E-state index >= 15 is 0 Å². The molecule has 32 heavy (non-hydrogen) atoms. The maximum atomic E-state index is 13.6. The molecule has 0 spiro atoms. The molecule has 0 bridgehead atoms. The standard InChI is InChI=1S/C23H16FN3O5/c1-31-16-6-3-2-5-13(16)20(28)18-19(17-7-4-10-32-17)27(22(30)21(18)29)23-25-14-9-8-12(24)11-15(14)26-23/h2-11,19,28H,1H3,(H,25,26)/b20-18+. The van der Waals surface area contributed by atoms with Gasteiger partial charge >= 0.3 is 5.91 Å². The minimum Gasteiger partial charge on any atom is -0.507 e. The van der Waals surface area contributed by atoms with Gasteiger partial charge in [-0.1, -0.05) is 12.1 Å². The number of aromatic amines is 1. The molecule has 3 heterocycles. The first kappa shape index (κ1) is 19.6. The third-order valence-corrected chi connectivity index (χ3v) is 5.28. The van der Waals surface area contributed by atoms with Gasteiger partial charge in [0.1, 0.15) is 29.1 Å². The third kappa shape index (κ3) is 2.94. The van der Waals surface area contributed by atoms with E-state index in [2.05, 4.69) is 9.97 Å². The number of para-hydroxylation sites is 1. The minimum atomic E-state index is -1.10. The first-order valence-corrected chi connectivity index (χ1v) is 9.62. The van der Waals surface area contributed by atoms with E-state index in [1.165, 1.54) is 31.6 Å². The second kappa shape index (κ2) is 7.38. The normalized spacial score (nSPS) is 17.9. The number of halogens is 1. The van der Waals surface area contributed by atoms with Crippen molar-refractivity contribution in [2.75, 3.05) is 12.0 Å². The van der Waals surface area contributed by atoms with Crippen molar-refractivity contribution in [2.45, 2.75) is 6.04 Å². The van der Waals surface area contributed by atoms with Gasteiger partial charge in [-0.3, -0.25) is 14.5 Å². The van der Waals surface area contributed by atoms with Crippen LogP contribution < -0.4 is 9.64 Å². The molecule has 8 nitrogen and oxygen atoms in total. The van der Waals surface area contributed by atoms with Crippen molar-refractivity contribution in [1.29, 1.82) is 0 Å². The molecule has 0 radical (unpaired) electrons. The fourth-order valence-corrected chi connectivity index (χ4v) is 3.83. The average Bonchev–Trinajstić information content (AvgIpc) is 3.52. The van der Waals surface area contributed by atoms with Crippen molar-refractivity contribution >= 4 is 34.4 Å². The van der Waals surface area contributed by atoms with Gasteiger partial charge in [0.05, 0.1) is 35.5 Å². The van der Waals surface area contributed by atoms with E-state index in [0.29, 0.717) is 16.8 Å². The van der Waals surface area contributed by atoms with E-state index in [1.807, 2.05) is 0 Å². The maximum absolute atomic E-state index is 13.6. The monoisotopic (exact) mass is 433 g/mol. The summed E-state index contributed by atoms with van der Waals surface area (Å²) in [5.41, 5.74) is 0.827. The molecule has 2 aromatic carbocycles. The number of aliphatic hydroxyl groups excluding tert-OH is 1. The van der Waals surface area contributed by atoms with E-state index in [1.54, 1.807) is 36.4 Å². The van der Waals surface area contributed by atoms with Crippen LogP contribution in [0, 0.1) is 5.82 Å². The molecule has 1 saturated heterocycles. The molecule has 1 unspecified atom stereocenters. The van der Waals surface area contributed by atoms with Gasteiger partial charge in [0.2, 0.25) is 5.95 Å². The predicted molar refractivity (Wildman–Crippen MR) is 113 cm³/mol. The van der Waals surface area contributed by atoms with Crippen LogP contribution in [0.1, 0.15) is 17.4 Å². The summed E-state index contributed by atoms with van der Waals surface area (Å²) in [6.07, 6.45) is 1.40. The fraction of sp³-hybridized carbons (Fsp3) is 0.0870. The molecule has 1 aliphatic heterocycles. The highest BCUT2D eigenvalue weighted by Gasteiger charge is 2.49. The topological polar surface area (TPSA) is 109 Å². The van der Waals surface area contributed by atoms with Crippen LogP contribution in [0.3, 0.4) is 0 Å². The minimum absolute atomic E-state index is 0.0215. The Labute approximate surface area is 180 Å². The summed E-state index contributed by atoms with van der Waals surface area (Å²) in [7, 11) is 1.43. The highest BCUT2D eigenvalue weighted by atomic mass is 19.1. The second-order valence-corrected chi connectivity index (χ2v) is 7.11. The number of carbonyl (C=O) groups excluding carboxylic acids is 2. The van der Waals surface area contributed by atoms with E-state index in [0.717, 1.165) is 4.90 Å². The highest BCUT2D eigenvalue weighted by molar-refractivity contribution is 6.51. The van der Waals surface area contributed by atoms with E-state index < -0.39 is 29.3 Å². The molecule has 2 N–H and O–H groups in total. The van der Waals surface area contributed by atoms with Gasteiger partial charge in [0.25, 0.3) is 5.78 Å². The van der Waals surface area contributed by atoms with E-state index in [-0.39, 0.29) is 22.8 Å². The summed E-state index contributed by atoms with van der Waals surface area (Å²) in [5.74, 6) is -2.13. The molecule has 0 aliphatic carbocycles. The first-order valence-electron chi connectivity index (χ1n) is 9.62. The Hall–Kier alpha value is -4.40. The zero-order chi connectivity index (χ0) is 22.4. The van der Waals surface area contributed by atoms with Gasteiger partial charge in [-0.05, 0) is 42.5 Å². The lowest BCUT2D eigenvalue weighted by molar-refractivity contribution is -0.132. The van der Waals surface area contributed by atoms with Crippen LogP contribution in [0.2, 0.25) is 0 Å². The number of ketones is 1. The fourth-order valence-electron chi connectivity index (χ4n) is 3.83. The number of rotatable bonds is 4. The zero-order valence-electron chi connectivity index (χ0n) is 16.7. The molecule has 5 rings (SSSR count). The van der Waals surface area contributed by atoms with Crippen LogP contribution in [-0.2, 0) is 9.59 Å². The number of carbonyl (C=O) groups is 2. The summed E-state index contributed by atoms with van der Waals surface area (Å²) in [5, 5.41) is 11.1. The molecule has 9 heteroatoms. The smallest absolute Gasteiger partial charge is 0.302 e. The summed E-state index contributed by atoms with van der Waals surface area (Å²) in [6.45, 7) is 0. The molecule has 1 amide bonds. The summed E-state index contributed by atoms with van der Waals surface area (Å²) >= 11 is 0. The number of nitrogens with one attached hydrogen (secondary N) is 1. The number of furan rings is 1. The zero-order valence-corrected chi connectivity index (χ0v) is 16.7. The second-order valence-electron chi connectivity index (χ2n) is 7.11. The van der Waals surface area contributed by atoms with Crippen molar-refractivity contribution in [3.8, 4) is 5.75 Å². The number of nitrogens with zero attached hydrogens (tertiary/aromatic N) is 2. The van der Waals surface area contributed by atoms with Crippen molar-refractivity contribution in [3.63, 3.8) is 0 Å². The van der Waals surface area contributed by atoms with Gasteiger partial charge in [-0.15, -0.1) is 0 Å². The molecular weight excluding hydrogens is 417 g/mol. The lowest BCUT2D eigenvalue weighted by atomic mass is 9.99. The SMILES string of the molecule is COc1ccccc1/C(O)=C1\C(=O)C(=O)N(c2nc3ccc(F)cc3[nH]2)C1c1ccco1. The van der Waals surface area contributed by atoms with E-state index in [4.69, 9.17) is 9.15 Å². The molecule has 1 aliphatic rings. The number of aromatic nitrogens is 2. The summed E-state index contributed by atoms with van der Waals surface area (Å²) in [6, 6.07) is 12.6. The predicted octanol–water partition coefficient (Wildman–Crippen LogP) is 3.93. The number of aliphatic hydroxyl groups is 1.